The zero-order valence-corrected chi connectivity index (χ0v) is 22.2. The van der Waals surface area contributed by atoms with Gasteiger partial charge >= 0.3 is 11.7 Å². The number of thioether (sulfide) groups is 1. The van der Waals surface area contributed by atoms with E-state index in [0.717, 1.165) is 23.8 Å². The first-order chi connectivity index (χ1) is 18.6. The molecule has 1 fully saturated rings. The molecule has 13 nitrogen and oxygen atoms in total. The molecule has 1 saturated heterocycles. The fourth-order valence-corrected chi connectivity index (χ4v) is 4.81. The Morgan fingerprint density at radius 1 is 1.08 bits per heavy atom. The van der Waals surface area contributed by atoms with Crippen LogP contribution in [-0.4, -0.2) is 50.5 Å². The molecular formula is C24H23N5O8S2. The van der Waals surface area contributed by atoms with Gasteiger partial charge in [0.25, 0.3) is 11.6 Å². The lowest BCUT2D eigenvalue weighted by atomic mass is 10.1. The van der Waals surface area contributed by atoms with Crippen molar-refractivity contribution in [3.05, 3.63) is 78.7 Å². The second-order valence-corrected chi connectivity index (χ2v) is 9.82. The summed E-state index contributed by atoms with van der Waals surface area (Å²) in [6.45, 7) is 0.387. The molecule has 0 radical (unpaired) electrons. The number of amides is 2. The van der Waals surface area contributed by atoms with Crippen molar-refractivity contribution in [1.29, 1.82) is 0 Å². The van der Waals surface area contributed by atoms with Crippen molar-refractivity contribution >= 4 is 69.2 Å². The Hall–Kier alpha value is -4.37. The van der Waals surface area contributed by atoms with Crippen molar-refractivity contribution in [3.8, 4) is 0 Å². The van der Waals surface area contributed by atoms with Gasteiger partial charge in [-0.05, 0) is 42.7 Å². The highest BCUT2D eigenvalue weighted by molar-refractivity contribution is 8.26. The van der Waals surface area contributed by atoms with E-state index < -0.39 is 33.1 Å². The lowest BCUT2D eigenvalue weighted by molar-refractivity contribution is -0.393. The van der Waals surface area contributed by atoms with E-state index in [2.05, 4.69) is 15.6 Å². The molecule has 2 amide bonds. The molecule has 2 aromatic rings. The molecule has 15 heteroatoms. The molecule has 3 rings (SSSR count). The third-order valence-electron chi connectivity index (χ3n) is 5.51. The predicted octanol–water partition coefficient (Wildman–Crippen LogP) is 4.19. The number of carbonyl (C=O) groups is 3. The van der Waals surface area contributed by atoms with Gasteiger partial charge in [-0.15, -0.1) is 0 Å². The molecule has 39 heavy (non-hydrogen) atoms. The highest BCUT2D eigenvalue weighted by atomic mass is 32.2. The number of nitro groups is 2. The maximum absolute atomic E-state index is 12.8. The fourth-order valence-electron chi connectivity index (χ4n) is 3.50. The van der Waals surface area contributed by atoms with Crippen molar-refractivity contribution in [3.63, 3.8) is 0 Å². The van der Waals surface area contributed by atoms with Crippen molar-refractivity contribution in [2.24, 2.45) is 0 Å². The van der Waals surface area contributed by atoms with Crippen molar-refractivity contribution < 1.29 is 29.0 Å². The van der Waals surface area contributed by atoms with Gasteiger partial charge in [0.1, 0.15) is 10.0 Å². The van der Waals surface area contributed by atoms with Crippen LogP contribution < -0.4 is 10.9 Å². The third kappa shape index (κ3) is 7.81. The number of methoxy groups -OCH3 is 1. The van der Waals surface area contributed by atoms with Crippen LogP contribution >= 0.6 is 24.0 Å². The summed E-state index contributed by atoms with van der Waals surface area (Å²) < 4.78 is 5.11. The maximum Gasteiger partial charge on any atom is 0.337 e. The van der Waals surface area contributed by atoms with Crippen LogP contribution in [0.15, 0.2) is 47.4 Å². The smallest absolute Gasteiger partial charge is 0.337 e. The second kappa shape index (κ2) is 13.4. The molecule has 0 aliphatic carbocycles. The molecule has 2 aromatic carbocycles. The Morgan fingerprint density at radius 2 is 1.79 bits per heavy atom. The number of non-ortho nitro benzene ring substituents is 1. The number of ether oxygens (including phenoxy) is 1. The van der Waals surface area contributed by atoms with Crippen molar-refractivity contribution in [1.82, 2.24) is 10.3 Å². The van der Waals surface area contributed by atoms with Gasteiger partial charge in [-0.3, -0.25) is 45.6 Å². The van der Waals surface area contributed by atoms with Crippen molar-refractivity contribution in [2.75, 3.05) is 19.1 Å². The molecule has 0 aromatic heterocycles. The molecule has 0 unspecified atom stereocenters. The zero-order chi connectivity index (χ0) is 28.5. The SMILES string of the molecule is COC(=O)c1ccc(/C=C2\SC(=S)N(CCCCCC(=O)NNc3ccc([N+](=O)[O-])cc3[N+](=O)[O-])C2=O)cc1. The number of anilines is 1. The number of rotatable bonds is 12. The van der Waals surface area contributed by atoms with Gasteiger partial charge in [-0.2, -0.15) is 0 Å². The van der Waals surface area contributed by atoms with Gasteiger partial charge in [-0.25, -0.2) is 4.79 Å². The first kappa shape index (κ1) is 29.2. The normalized spacial score (nSPS) is 13.9. The minimum Gasteiger partial charge on any atom is -0.465 e. The maximum atomic E-state index is 12.8. The number of thiocarbonyl (C=S) groups is 1. The zero-order valence-electron chi connectivity index (χ0n) is 20.6. The Labute approximate surface area is 231 Å². The van der Waals surface area contributed by atoms with E-state index in [4.69, 9.17) is 12.2 Å². The van der Waals surface area contributed by atoms with E-state index in [1.807, 2.05) is 0 Å². The average molecular weight is 574 g/mol. The van der Waals surface area contributed by atoms with Gasteiger partial charge in [0.15, 0.2) is 0 Å². The van der Waals surface area contributed by atoms with Crippen LogP contribution in [0.5, 0.6) is 0 Å². The molecule has 204 valence electrons. The Bertz CT molecular complexity index is 1350. The molecule has 1 aliphatic heterocycles. The van der Waals surface area contributed by atoms with Crippen LogP contribution in [0.4, 0.5) is 17.1 Å². The van der Waals surface area contributed by atoms with Crippen LogP contribution in [0.2, 0.25) is 0 Å². The van der Waals surface area contributed by atoms with Crippen LogP contribution in [0.3, 0.4) is 0 Å². The predicted molar refractivity (Wildman–Crippen MR) is 148 cm³/mol. The number of hydrogen-bond donors (Lipinski definition) is 2. The summed E-state index contributed by atoms with van der Waals surface area (Å²) in [5.41, 5.74) is 4.85. The van der Waals surface area contributed by atoms with Gasteiger partial charge in [-0.1, -0.05) is 42.5 Å². The number of nitrogens with one attached hydrogen (secondary N) is 2. The van der Waals surface area contributed by atoms with E-state index >= 15 is 0 Å². The van der Waals surface area contributed by atoms with Gasteiger partial charge in [0.2, 0.25) is 5.91 Å². The number of carbonyl (C=O) groups excluding carboxylic acids is 3. The van der Waals surface area contributed by atoms with E-state index in [0.29, 0.717) is 40.6 Å². The van der Waals surface area contributed by atoms with E-state index in [9.17, 15) is 34.6 Å². The molecule has 1 aliphatic rings. The van der Waals surface area contributed by atoms with E-state index in [1.165, 1.54) is 23.8 Å². The fraction of sp³-hybridized carbons (Fsp3) is 0.250. The summed E-state index contributed by atoms with van der Waals surface area (Å²) in [7, 11) is 1.30. The minimum absolute atomic E-state index is 0.0826. The molecule has 2 N–H and O–H groups in total. The second-order valence-electron chi connectivity index (χ2n) is 8.15. The number of unbranched alkanes of at least 4 members (excludes halogenated alkanes) is 2. The molecule has 0 bridgehead atoms. The molecular weight excluding hydrogens is 550 g/mol. The summed E-state index contributed by atoms with van der Waals surface area (Å²) in [6, 6.07) is 9.67. The molecule has 0 spiro atoms. The number of benzene rings is 2. The summed E-state index contributed by atoms with van der Waals surface area (Å²) in [4.78, 5) is 58.9. The summed E-state index contributed by atoms with van der Waals surface area (Å²) in [6.07, 6.45) is 3.53. The number of hydrogen-bond acceptors (Lipinski definition) is 11. The average Bonchev–Trinajstić information content (AvgIpc) is 3.18. The van der Waals surface area contributed by atoms with Gasteiger partial charge < -0.3 is 4.74 Å². The van der Waals surface area contributed by atoms with Crippen LogP contribution in [0.25, 0.3) is 6.08 Å². The first-order valence-electron chi connectivity index (χ1n) is 11.5. The van der Waals surface area contributed by atoms with Crippen LogP contribution in [-0.2, 0) is 14.3 Å². The summed E-state index contributed by atoms with van der Waals surface area (Å²) >= 11 is 6.53. The van der Waals surface area contributed by atoms with Crippen molar-refractivity contribution in [2.45, 2.75) is 25.7 Å². The Kier molecular flexibility index (Phi) is 10.1. The standard InChI is InChI=1S/C24H23N5O8S2/c1-37-23(32)16-8-6-15(7-9-16)13-20-22(31)27(24(38)39-20)12-4-2-3-5-21(30)26-25-18-11-10-17(28(33)34)14-19(18)29(35)36/h6-11,13-14,25H,2-5,12H2,1H3,(H,26,30)/b20-13-. The lowest BCUT2D eigenvalue weighted by Crippen LogP contribution is -2.30. The number of hydrazine groups is 1. The highest BCUT2D eigenvalue weighted by Gasteiger charge is 2.31. The van der Waals surface area contributed by atoms with Gasteiger partial charge in [0, 0.05) is 19.0 Å². The monoisotopic (exact) mass is 573 g/mol. The van der Waals surface area contributed by atoms with Gasteiger partial charge in [0.05, 0.1) is 33.5 Å². The highest BCUT2D eigenvalue weighted by Crippen LogP contribution is 2.33. The molecule has 0 saturated carbocycles. The Morgan fingerprint density at radius 3 is 2.44 bits per heavy atom. The largest absolute Gasteiger partial charge is 0.465 e. The molecule has 0 atom stereocenters. The molecule has 1 heterocycles. The van der Waals surface area contributed by atoms with E-state index in [1.54, 1.807) is 30.3 Å². The first-order valence-corrected chi connectivity index (χ1v) is 12.7. The third-order valence-corrected chi connectivity index (χ3v) is 6.89. The quantitative estimate of drug-likeness (QED) is 0.0930. The number of nitrogens with zero attached hydrogens (tertiary/aromatic N) is 3. The van der Waals surface area contributed by atoms with Crippen LogP contribution in [0, 0.1) is 20.2 Å². The number of esters is 1. The van der Waals surface area contributed by atoms with Crippen LogP contribution in [0.1, 0.15) is 41.6 Å². The topological polar surface area (TPSA) is 174 Å². The lowest BCUT2D eigenvalue weighted by Gasteiger charge is -2.14. The Balaban J connectivity index is 1.43. The summed E-state index contributed by atoms with van der Waals surface area (Å²) in [5.74, 6) is -1.09. The number of nitro benzene ring substituents is 2. The van der Waals surface area contributed by atoms with E-state index in [-0.39, 0.29) is 18.0 Å². The summed E-state index contributed by atoms with van der Waals surface area (Å²) in [5, 5.41) is 22.0. The minimum atomic E-state index is -0.786.